The van der Waals surface area contributed by atoms with Crippen LogP contribution in [-0.2, 0) is 4.79 Å². The minimum atomic E-state index is -1.01. The lowest BCUT2D eigenvalue weighted by molar-refractivity contribution is -0.145. The lowest BCUT2D eigenvalue weighted by Gasteiger charge is -2.17. The van der Waals surface area contributed by atoms with E-state index in [2.05, 4.69) is 15.9 Å². The van der Waals surface area contributed by atoms with Gasteiger partial charge in [-0.2, -0.15) is 0 Å². The van der Waals surface area contributed by atoms with E-state index >= 15 is 0 Å². The smallest absolute Gasteiger partial charge is 0.344 e. The first-order valence-electron chi connectivity index (χ1n) is 5.32. The summed E-state index contributed by atoms with van der Waals surface area (Å²) < 4.78 is 6.20. The van der Waals surface area contributed by atoms with Crippen molar-refractivity contribution in [2.45, 2.75) is 32.5 Å². The molecule has 0 saturated heterocycles. The van der Waals surface area contributed by atoms with Gasteiger partial charge in [-0.15, -0.1) is 0 Å². The Morgan fingerprint density at radius 1 is 1.53 bits per heavy atom. The molecular weight excluding hydrogens is 288 g/mol. The molecule has 0 heterocycles. The molecule has 0 aliphatic rings. The Morgan fingerprint density at radius 2 is 2.18 bits per heavy atom. The molecule has 0 bridgehead atoms. The van der Waals surface area contributed by atoms with Crippen LogP contribution in [0.15, 0.2) is 22.7 Å². The standard InChI is InChI=1S/C12H15BrO4/c1-3-10(12(15)16)17-11-5-4-8(13)6-9(11)7(2)14/h4-7,10,14H,3H2,1-2H3,(H,15,16)/t7-,10?/m1/s1. The number of aliphatic hydroxyl groups is 1. The number of hydrogen-bond acceptors (Lipinski definition) is 3. The molecule has 0 radical (unpaired) electrons. The molecular formula is C12H15BrO4. The van der Waals surface area contributed by atoms with Gasteiger partial charge in [0.15, 0.2) is 6.10 Å². The number of halogens is 1. The van der Waals surface area contributed by atoms with Crippen molar-refractivity contribution in [2.24, 2.45) is 0 Å². The van der Waals surface area contributed by atoms with E-state index in [0.29, 0.717) is 17.7 Å². The van der Waals surface area contributed by atoms with Crippen molar-refractivity contribution < 1.29 is 19.7 Å². The zero-order valence-electron chi connectivity index (χ0n) is 9.68. The number of ether oxygens (including phenoxy) is 1. The van der Waals surface area contributed by atoms with Gasteiger partial charge in [0, 0.05) is 10.0 Å². The highest BCUT2D eigenvalue weighted by molar-refractivity contribution is 9.10. The number of carboxylic acids is 1. The quantitative estimate of drug-likeness (QED) is 0.877. The Kier molecular flexibility index (Phi) is 4.96. The predicted octanol–water partition coefficient (Wildman–Crippen LogP) is 2.74. The van der Waals surface area contributed by atoms with E-state index < -0.39 is 18.2 Å². The van der Waals surface area contributed by atoms with Crippen LogP contribution in [0.25, 0.3) is 0 Å². The number of hydrogen-bond donors (Lipinski definition) is 2. The average Bonchev–Trinajstić information content (AvgIpc) is 2.26. The molecule has 1 rings (SSSR count). The van der Waals surface area contributed by atoms with Crippen LogP contribution in [0.3, 0.4) is 0 Å². The monoisotopic (exact) mass is 302 g/mol. The van der Waals surface area contributed by atoms with Crippen LogP contribution in [0.5, 0.6) is 5.75 Å². The van der Waals surface area contributed by atoms with E-state index in [1.54, 1.807) is 32.0 Å². The number of carboxylic acid groups (broad SMARTS) is 1. The SMILES string of the molecule is CCC(Oc1ccc(Br)cc1[C@@H](C)O)C(=O)O. The van der Waals surface area contributed by atoms with Crippen molar-refractivity contribution in [3.8, 4) is 5.75 Å². The predicted molar refractivity (Wildman–Crippen MR) is 67.1 cm³/mol. The number of carbonyl (C=O) groups is 1. The van der Waals surface area contributed by atoms with Crippen molar-refractivity contribution in [1.29, 1.82) is 0 Å². The fraction of sp³-hybridized carbons (Fsp3) is 0.417. The first kappa shape index (κ1) is 14.0. The summed E-state index contributed by atoms with van der Waals surface area (Å²) in [6.07, 6.45) is -1.24. The van der Waals surface area contributed by atoms with Crippen molar-refractivity contribution in [1.82, 2.24) is 0 Å². The second-order valence-electron chi connectivity index (χ2n) is 3.71. The molecule has 2 atom stereocenters. The summed E-state index contributed by atoms with van der Waals surface area (Å²) in [6.45, 7) is 3.34. The number of rotatable bonds is 5. The van der Waals surface area contributed by atoms with Crippen molar-refractivity contribution in [3.63, 3.8) is 0 Å². The van der Waals surface area contributed by atoms with Gasteiger partial charge in [-0.1, -0.05) is 22.9 Å². The van der Waals surface area contributed by atoms with Crippen LogP contribution in [0.2, 0.25) is 0 Å². The maximum atomic E-state index is 10.9. The van der Waals surface area contributed by atoms with E-state index in [-0.39, 0.29) is 0 Å². The molecule has 0 aromatic heterocycles. The highest BCUT2D eigenvalue weighted by Crippen LogP contribution is 2.29. The molecule has 2 N–H and O–H groups in total. The minimum Gasteiger partial charge on any atom is -0.479 e. The van der Waals surface area contributed by atoms with Crippen molar-refractivity contribution in [3.05, 3.63) is 28.2 Å². The summed E-state index contributed by atoms with van der Waals surface area (Å²) in [5.41, 5.74) is 0.569. The van der Waals surface area contributed by atoms with Gasteiger partial charge in [0.2, 0.25) is 0 Å². The van der Waals surface area contributed by atoms with Crippen LogP contribution in [0, 0.1) is 0 Å². The van der Waals surface area contributed by atoms with Gasteiger partial charge in [0.1, 0.15) is 5.75 Å². The molecule has 1 unspecified atom stereocenters. The average molecular weight is 303 g/mol. The number of aliphatic carboxylic acids is 1. The fourth-order valence-corrected chi connectivity index (χ4v) is 1.79. The van der Waals surface area contributed by atoms with Gasteiger partial charge in [-0.25, -0.2) is 4.79 Å². The Hall–Kier alpha value is -1.07. The van der Waals surface area contributed by atoms with Crippen LogP contribution in [0.4, 0.5) is 0 Å². The zero-order chi connectivity index (χ0) is 13.0. The molecule has 1 aromatic rings. The number of aliphatic hydroxyl groups excluding tert-OH is 1. The summed E-state index contributed by atoms with van der Waals surface area (Å²) in [6, 6.07) is 5.11. The van der Waals surface area contributed by atoms with E-state index in [4.69, 9.17) is 9.84 Å². The minimum absolute atomic E-state index is 0.366. The highest BCUT2D eigenvalue weighted by Gasteiger charge is 2.19. The van der Waals surface area contributed by atoms with Gasteiger partial charge >= 0.3 is 5.97 Å². The van der Waals surface area contributed by atoms with Crippen LogP contribution in [0.1, 0.15) is 31.9 Å². The molecule has 0 aliphatic carbocycles. The van der Waals surface area contributed by atoms with Crippen molar-refractivity contribution in [2.75, 3.05) is 0 Å². The van der Waals surface area contributed by atoms with Crippen molar-refractivity contribution >= 4 is 21.9 Å². The van der Waals surface area contributed by atoms with E-state index in [0.717, 1.165) is 4.47 Å². The largest absolute Gasteiger partial charge is 0.479 e. The second kappa shape index (κ2) is 6.02. The molecule has 5 heteroatoms. The molecule has 94 valence electrons. The van der Waals surface area contributed by atoms with Gasteiger partial charge < -0.3 is 14.9 Å². The lowest BCUT2D eigenvalue weighted by Crippen LogP contribution is -2.26. The van der Waals surface area contributed by atoms with Gasteiger partial charge in [0.25, 0.3) is 0 Å². The van der Waals surface area contributed by atoms with E-state index in [9.17, 15) is 9.90 Å². The maximum Gasteiger partial charge on any atom is 0.344 e. The Morgan fingerprint density at radius 3 is 2.65 bits per heavy atom. The zero-order valence-corrected chi connectivity index (χ0v) is 11.3. The first-order valence-corrected chi connectivity index (χ1v) is 6.12. The molecule has 0 aliphatic heterocycles. The van der Waals surface area contributed by atoms with Gasteiger partial charge in [-0.3, -0.25) is 0 Å². The molecule has 0 saturated carbocycles. The Labute approximate surface area is 108 Å². The maximum absolute atomic E-state index is 10.9. The first-order chi connectivity index (χ1) is 7.95. The molecule has 0 amide bonds. The topological polar surface area (TPSA) is 66.8 Å². The van der Waals surface area contributed by atoms with E-state index in [1.165, 1.54) is 0 Å². The second-order valence-corrected chi connectivity index (χ2v) is 4.63. The van der Waals surface area contributed by atoms with Gasteiger partial charge in [-0.05, 0) is 31.5 Å². The van der Waals surface area contributed by atoms with Crippen LogP contribution in [-0.4, -0.2) is 22.3 Å². The molecule has 17 heavy (non-hydrogen) atoms. The summed E-state index contributed by atoms with van der Waals surface area (Å²) >= 11 is 3.29. The third-order valence-electron chi connectivity index (χ3n) is 2.34. The summed E-state index contributed by atoms with van der Waals surface area (Å²) in [7, 11) is 0. The normalized spacial score (nSPS) is 14.1. The summed E-state index contributed by atoms with van der Waals surface area (Å²) in [4.78, 5) is 10.9. The Balaban J connectivity index is 3.01. The lowest BCUT2D eigenvalue weighted by atomic mass is 10.1. The summed E-state index contributed by atoms with van der Waals surface area (Å²) in [5.74, 6) is -0.607. The summed E-state index contributed by atoms with van der Waals surface area (Å²) in [5, 5.41) is 18.5. The van der Waals surface area contributed by atoms with E-state index in [1.807, 2.05) is 0 Å². The third kappa shape index (κ3) is 3.71. The Bertz CT molecular complexity index is 403. The molecule has 0 fully saturated rings. The molecule has 4 nitrogen and oxygen atoms in total. The molecule has 1 aromatic carbocycles. The highest BCUT2D eigenvalue weighted by atomic mass is 79.9. The third-order valence-corrected chi connectivity index (χ3v) is 2.83. The van der Waals surface area contributed by atoms with Crippen LogP contribution < -0.4 is 4.74 Å². The molecule has 0 spiro atoms. The number of benzene rings is 1. The van der Waals surface area contributed by atoms with Crippen LogP contribution >= 0.6 is 15.9 Å². The fourth-order valence-electron chi connectivity index (χ4n) is 1.41. The van der Waals surface area contributed by atoms with Gasteiger partial charge in [0.05, 0.1) is 6.10 Å².